The van der Waals surface area contributed by atoms with Gasteiger partial charge in [-0.25, -0.2) is 9.78 Å². The summed E-state index contributed by atoms with van der Waals surface area (Å²) in [5.74, 6) is 0. The normalized spacial score (nSPS) is 11.4. The van der Waals surface area contributed by atoms with Crippen LogP contribution in [0.25, 0.3) is 27.8 Å². The highest BCUT2D eigenvalue weighted by Crippen LogP contribution is 2.27. The zero-order chi connectivity index (χ0) is 19.5. The summed E-state index contributed by atoms with van der Waals surface area (Å²) in [6.45, 7) is 0. The molecule has 0 aliphatic heterocycles. The maximum atomic E-state index is 12.3. The lowest BCUT2D eigenvalue weighted by molar-refractivity contribution is 0.563. The van der Waals surface area contributed by atoms with E-state index in [9.17, 15) is 10.1 Å². The van der Waals surface area contributed by atoms with E-state index < -0.39 is 5.63 Å². The van der Waals surface area contributed by atoms with Crippen LogP contribution in [0.15, 0.2) is 75.4 Å². The Labute approximate surface area is 169 Å². The Morgan fingerprint density at radius 3 is 2.82 bits per heavy atom. The molecular formula is C21H12ClN3O2S. The van der Waals surface area contributed by atoms with E-state index in [0.29, 0.717) is 38.1 Å². The van der Waals surface area contributed by atoms with Gasteiger partial charge in [-0.3, -0.25) is 0 Å². The van der Waals surface area contributed by atoms with Gasteiger partial charge in [0.15, 0.2) is 0 Å². The van der Waals surface area contributed by atoms with Gasteiger partial charge in [0.1, 0.15) is 22.2 Å². The van der Waals surface area contributed by atoms with Gasteiger partial charge in [0, 0.05) is 17.0 Å². The smallest absolute Gasteiger partial charge is 0.345 e. The molecule has 0 saturated heterocycles. The number of allylic oxidation sites excluding steroid dienone is 1. The number of halogens is 1. The van der Waals surface area contributed by atoms with Crippen molar-refractivity contribution in [1.29, 1.82) is 5.26 Å². The van der Waals surface area contributed by atoms with Crippen LogP contribution in [0.2, 0.25) is 5.02 Å². The number of benzene rings is 2. The maximum absolute atomic E-state index is 12.3. The van der Waals surface area contributed by atoms with Gasteiger partial charge in [-0.15, -0.1) is 11.3 Å². The summed E-state index contributed by atoms with van der Waals surface area (Å²) < 4.78 is 5.36. The summed E-state index contributed by atoms with van der Waals surface area (Å²) in [6, 6.07) is 18.4. The van der Waals surface area contributed by atoms with Crippen molar-refractivity contribution in [1.82, 2.24) is 4.98 Å². The number of rotatable bonds is 4. The fourth-order valence-electron chi connectivity index (χ4n) is 2.63. The highest BCUT2D eigenvalue weighted by Gasteiger charge is 2.13. The molecule has 0 amide bonds. The molecule has 0 bridgehead atoms. The molecule has 0 spiro atoms. The number of nitriles is 1. The monoisotopic (exact) mass is 405 g/mol. The third-order valence-corrected chi connectivity index (χ3v) is 5.22. The molecule has 0 fully saturated rings. The second-order valence-electron chi connectivity index (χ2n) is 5.82. The fraction of sp³-hybridized carbons (Fsp3) is 0. The summed E-state index contributed by atoms with van der Waals surface area (Å²) in [5, 5.41) is 16.1. The lowest BCUT2D eigenvalue weighted by Gasteiger charge is -2.03. The standard InChI is InChI=1S/C21H12ClN3O2S/c22-16-6-2-3-7-17(16)24-11-14(10-23)20-25-18(12-28-20)15-9-13-5-1-4-8-19(13)27-21(15)26/h1-9,11-12,24H/b14-11+. The van der Waals surface area contributed by atoms with Crippen LogP contribution in [-0.4, -0.2) is 4.98 Å². The van der Waals surface area contributed by atoms with E-state index in [1.807, 2.05) is 30.3 Å². The summed E-state index contributed by atoms with van der Waals surface area (Å²) in [5.41, 5.74) is 1.90. The Hall–Kier alpha value is -3.40. The predicted octanol–water partition coefficient (Wildman–Crippen LogP) is 5.55. The summed E-state index contributed by atoms with van der Waals surface area (Å²) in [4.78, 5) is 16.8. The van der Waals surface area contributed by atoms with Crippen molar-refractivity contribution in [2.45, 2.75) is 0 Å². The minimum Gasteiger partial charge on any atom is -0.422 e. The van der Waals surface area contributed by atoms with Crippen LogP contribution in [-0.2, 0) is 0 Å². The van der Waals surface area contributed by atoms with Crippen LogP contribution in [0.1, 0.15) is 5.01 Å². The number of para-hydroxylation sites is 2. The molecule has 0 radical (unpaired) electrons. The van der Waals surface area contributed by atoms with Crippen LogP contribution in [0.4, 0.5) is 5.69 Å². The summed E-state index contributed by atoms with van der Waals surface area (Å²) >= 11 is 7.39. The molecule has 0 unspecified atom stereocenters. The van der Waals surface area contributed by atoms with E-state index in [0.717, 1.165) is 5.39 Å². The SMILES string of the molecule is N#C/C(=C\Nc1ccccc1Cl)c1nc(-c2cc3ccccc3oc2=O)cs1. The number of nitrogens with zero attached hydrogens (tertiary/aromatic N) is 2. The Kier molecular flexibility index (Phi) is 4.94. The zero-order valence-electron chi connectivity index (χ0n) is 14.3. The first-order chi connectivity index (χ1) is 13.7. The number of aromatic nitrogens is 1. The Balaban J connectivity index is 1.68. The maximum Gasteiger partial charge on any atom is 0.345 e. The molecule has 0 aliphatic carbocycles. The molecule has 4 aromatic rings. The number of hydrogen-bond donors (Lipinski definition) is 1. The van der Waals surface area contributed by atoms with Gasteiger partial charge in [0.2, 0.25) is 0 Å². The van der Waals surface area contributed by atoms with E-state index >= 15 is 0 Å². The van der Waals surface area contributed by atoms with Gasteiger partial charge in [-0.2, -0.15) is 5.26 Å². The van der Waals surface area contributed by atoms with Crippen LogP contribution in [0.5, 0.6) is 0 Å². The molecule has 28 heavy (non-hydrogen) atoms. The first-order valence-corrected chi connectivity index (χ1v) is 9.52. The molecule has 4 rings (SSSR count). The van der Waals surface area contributed by atoms with E-state index in [2.05, 4.69) is 16.4 Å². The highest BCUT2D eigenvalue weighted by molar-refractivity contribution is 7.11. The zero-order valence-corrected chi connectivity index (χ0v) is 15.9. The molecule has 0 atom stereocenters. The number of anilines is 1. The minimum absolute atomic E-state index is 0.335. The first-order valence-electron chi connectivity index (χ1n) is 8.26. The first kappa shape index (κ1) is 18.0. The van der Waals surface area contributed by atoms with Crippen molar-refractivity contribution in [3.63, 3.8) is 0 Å². The van der Waals surface area contributed by atoms with Crippen molar-refractivity contribution >= 4 is 45.2 Å². The second kappa shape index (κ2) is 7.69. The topological polar surface area (TPSA) is 78.9 Å². The van der Waals surface area contributed by atoms with Crippen molar-refractivity contribution < 1.29 is 4.42 Å². The fourth-order valence-corrected chi connectivity index (χ4v) is 3.61. The quantitative estimate of drug-likeness (QED) is 0.356. The largest absolute Gasteiger partial charge is 0.422 e. The number of nitrogens with one attached hydrogen (secondary N) is 1. The van der Waals surface area contributed by atoms with Crippen LogP contribution in [0.3, 0.4) is 0 Å². The van der Waals surface area contributed by atoms with Gasteiger partial charge in [-0.1, -0.05) is 41.9 Å². The average Bonchev–Trinajstić information content (AvgIpc) is 3.19. The Morgan fingerprint density at radius 2 is 2.00 bits per heavy atom. The predicted molar refractivity (Wildman–Crippen MR) is 112 cm³/mol. The summed E-state index contributed by atoms with van der Waals surface area (Å²) in [6.07, 6.45) is 1.55. The molecule has 0 aliphatic rings. The van der Waals surface area contributed by atoms with Gasteiger partial charge < -0.3 is 9.73 Å². The molecule has 0 saturated carbocycles. The molecule has 136 valence electrons. The molecule has 1 N–H and O–H groups in total. The van der Waals surface area contributed by atoms with Crippen LogP contribution < -0.4 is 10.9 Å². The Bertz CT molecular complexity index is 1300. The van der Waals surface area contributed by atoms with Crippen molar-refractivity contribution in [3.05, 3.63) is 86.6 Å². The van der Waals surface area contributed by atoms with E-state index in [1.165, 1.54) is 11.3 Å². The average molecular weight is 406 g/mol. The molecule has 2 aromatic heterocycles. The molecule has 7 heteroatoms. The lowest BCUT2D eigenvalue weighted by atomic mass is 10.1. The molecule has 5 nitrogen and oxygen atoms in total. The number of hydrogen-bond acceptors (Lipinski definition) is 6. The third kappa shape index (κ3) is 3.54. The van der Waals surface area contributed by atoms with Gasteiger partial charge in [-0.05, 0) is 24.3 Å². The van der Waals surface area contributed by atoms with Crippen LogP contribution >= 0.6 is 22.9 Å². The van der Waals surface area contributed by atoms with Crippen molar-refractivity contribution in [2.24, 2.45) is 0 Å². The molecule has 2 aromatic carbocycles. The van der Waals surface area contributed by atoms with E-state index in [1.54, 1.807) is 35.8 Å². The number of thiazole rings is 1. The van der Waals surface area contributed by atoms with Gasteiger partial charge in [0.05, 0.1) is 22.0 Å². The van der Waals surface area contributed by atoms with Gasteiger partial charge >= 0.3 is 5.63 Å². The number of fused-ring (bicyclic) bond motifs is 1. The van der Waals surface area contributed by atoms with Crippen LogP contribution in [0, 0.1) is 11.3 Å². The van der Waals surface area contributed by atoms with Crippen molar-refractivity contribution in [2.75, 3.05) is 5.32 Å². The molecular weight excluding hydrogens is 394 g/mol. The Morgan fingerprint density at radius 1 is 1.21 bits per heavy atom. The van der Waals surface area contributed by atoms with E-state index in [4.69, 9.17) is 16.0 Å². The highest BCUT2D eigenvalue weighted by atomic mass is 35.5. The second-order valence-corrected chi connectivity index (χ2v) is 7.08. The lowest BCUT2D eigenvalue weighted by Crippen LogP contribution is -2.02. The summed E-state index contributed by atoms with van der Waals surface area (Å²) in [7, 11) is 0. The van der Waals surface area contributed by atoms with Gasteiger partial charge in [0.25, 0.3) is 0 Å². The van der Waals surface area contributed by atoms with Crippen molar-refractivity contribution in [3.8, 4) is 17.3 Å². The van der Waals surface area contributed by atoms with E-state index in [-0.39, 0.29) is 0 Å². The molecule has 2 heterocycles. The third-order valence-electron chi connectivity index (χ3n) is 4.02. The minimum atomic E-state index is -0.466.